The summed E-state index contributed by atoms with van der Waals surface area (Å²) in [5.41, 5.74) is 1.65. The minimum atomic E-state index is -1.60. The first-order valence-corrected chi connectivity index (χ1v) is 17.0. The third kappa shape index (κ3) is 8.54. The van der Waals surface area contributed by atoms with E-state index < -0.39 is 38.4 Å². The highest BCUT2D eigenvalue weighted by atomic mass is 31.2. The van der Waals surface area contributed by atoms with Gasteiger partial charge in [0.2, 0.25) is 0 Å². The summed E-state index contributed by atoms with van der Waals surface area (Å²) in [5.74, 6) is 1.47. The summed E-state index contributed by atoms with van der Waals surface area (Å²) in [5, 5.41) is 9.20. The van der Waals surface area contributed by atoms with Crippen LogP contribution in [0.1, 0.15) is 50.8 Å². The number of hydrogen-bond donors (Lipinski definition) is 0. The number of methoxy groups -OCH3 is 3. The zero-order valence-electron chi connectivity index (χ0n) is 28.4. The van der Waals surface area contributed by atoms with Crippen LogP contribution >= 0.6 is 8.53 Å². The third-order valence-corrected chi connectivity index (χ3v) is 10.3. The molecular formula is C36H46BN2O7P. The molecule has 1 aliphatic heterocycles. The molecule has 0 saturated carbocycles. The van der Waals surface area contributed by atoms with Crippen molar-refractivity contribution in [3.63, 3.8) is 0 Å². The van der Waals surface area contributed by atoms with E-state index in [1.165, 1.54) is 0 Å². The van der Waals surface area contributed by atoms with E-state index in [0.29, 0.717) is 0 Å². The fraction of sp³-hybridized carbons (Fsp3) is 0.472. The Bertz CT molecular complexity index is 1350. The van der Waals surface area contributed by atoms with E-state index in [1.54, 1.807) is 21.3 Å². The fourth-order valence-corrected chi connectivity index (χ4v) is 7.73. The molecule has 0 N–H and O–H groups in total. The van der Waals surface area contributed by atoms with E-state index in [-0.39, 0.29) is 31.7 Å². The second-order valence-electron chi connectivity index (χ2n) is 11.8. The number of nitriles is 1. The number of ether oxygens (including phenoxy) is 5. The predicted molar refractivity (Wildman–Crippen MR) is 184 cm³/mol. The van der Waals surface area contributed by atoms with E-state index >= 15 is 0 Å². The van der Waals surface area contributed by atoms with Crippen LogP contribution in [0.2, 0.25) is 0 Å². The Hall–Kier alpha value is -3.00. The van der Waals surface area contributed by atoms with Crippen molar-refractivity contribution in [3.05, 3.63) is 95.6 Å². The van der Waals surface area contributed by atoms with E-state index in [9.17, 15) is 5.26 Å². The highest BCUT2D eigenvalue weighted by Gasteiger charge is 2.48. The van der Waals surface area contributed by atoms with Crippen molar-refractivity contribution in [2.45, 2.75) is 76.1 Å². The van der Waals surface area contributed by atoms with Gasteiger partial charge in [0.25, 0.3) is 8.53 Å². The van der Waals surface area contributed by atoms with Gasteiger partial charge in [0, 0.05) is 25.2 Å². The molecule has 1 unspecified atom stereocenters. The maximum absolute atomic E-state index is 9.20. The highest BCUT2D eigenvalue weighted by molar-refractivity contribution is 7.44. The van der Waals surface area contributed by atoms with Crippen molar-refractivity contribution < 1.29 is 32.7 Å². The number of nitrogens with zero attached hydrogens (tertiary/aromatic N) is 2. The van der Waals surface area contributed by atoms with Crippen LogP contribution in [-0.2, 0) is 28.9 Å². The van der Waals surface area contributed by atoms with Crippen LogP contribution in [0.5, 0.6) is 11.5 Å². The van der Waals surface area contributed by atoms with E-state index in [2.05, 4.69) is 38.4 Å². The van der Waals surface area contributed by atoms with Crippen molar-refractivity contribution in [1.29, 1.82) is 5.26 Å². The lowest BCUT2D eigenvalue weighted by Gasteiger charge is -2.39. The molecule has 0 bridgehead atoms. The summed E-state index contributed by atoms with van der Waals surface area (Å²) < 4.78 is 45.5. The average Bonchev–Trinajstić information content (AvgIpc) is 3.38. The minimum Gasteiger partial charge on any atom is -0.497 e. The maximum atomic E-state index is 9.20. The molecule has 0 spiro atoms. The van der Waals surface area contributed by atoms with Crippen LogP contribution in [0.3, 0.4) is 0 Å². The van der Waals surface area contributed by atoms with Gasteiger partial charge in [-0.3, -0.25) is 0 Å². The second-order valence-corrected chi connectivity index (χ2v) is 13.2. The molecule has 1 saturated heterocycles. The fourth-order valence-electron chi connectivity index (χ4n) is 5.97. The molecular weight excluding hydrogens is 614 g/mol. The normalized spacial score (nSPS) is 20.4. The first-order valence-electron chi connectivity index (χ1n) is 15.9. The lowest BCUT2D eigenvalue weighted by atomic mass is 9.80. The standard InChI is InChI=1S/C36H46BN2O7P/c1-25(2)39(26(3)4)47(44-23-11-22-38)46-33-32(45-35(37)34(33)42-7)24-43-36(27-12-9-8-10-13-27,28-14-18-30(40-5)19-15-28)29-16-20-31(41-6)21-17-29/h8-10,12-21,25-26,32-35H,11,23-24H2,1-7H3/t32-,33-,34-,35-,47?/m1/s1. The van der Waals surface area contributed by atoms with Gasteiger partial charge >= 0.3 is 0 Å². The quantitative estimate of drug-likeness (QED) is 0.0689. The molecule has 1 fully saturated rings. The van der Waals surface area contributed by atoms with Crippen LogP contribution in [-0.4, -0.2) is 83.5 Å². The Kier molecular flexibility index (Phi) is 13.6. The predicted octanol–water partition coefficient (Wildman–Crippen LogP) is 6.58. The van der Waals surface area contributed by atoms with Crippen molar-refractivity contribution in [2.24, 2.45) is 0 Å². The summed E-state index contributed by atoms with van der Waals surface area (Å²) in [4.78, 5) is 0. The molecule has 4 rings (SSSR count). The smallest absolute Gasteiger partial charge is 0.259 e. The summed E-state index contributed by atoms with van der Waals surface area (Å²) in [7, 11) is 9.78. The monoisotopic (exact) mass is 660 g/mol. The summed E-state index contributed by atoms with van der Waals surface area (Å²) in [6, 6.07) is 27.4. The SMILES string of the molecule is [B][C@@H]1O[C@H](COC(c2ccccc2)(c2ccc(OC)cc2)c2ccc(OC)cc2)[C@@H](OP(OCCC#N)N(C(C)C)C(C)C)[C@H]1OC. The zero-order chi connectivity index (χ0) is 34.0. The maximum Gasteiger partial charge on any atom is 0.259 e. The van der Waals surface area contributed by atoms with Gasteiger partial charge in [0.1, 0.15) is 43.3 Å². The van der Waals surface area contributed by atoms with Crippen molar-refractivity contribution in [3.8, 4) is 17.6 Å². The largest absolute Gasteiger partial charge is 0.497 e. The second kappa shape index (κ2) is 17.4. The summed E-state index contributed by atoms with van der Waals surface area (Å²) in [6.07, 6.45) is -1.57. The van der Waals surface area contributed by atoms with Gasteiger partial charge in [-0.05, 0) is 68.7 Å². The van der Waals surface area contributed by atoms with E-state index in [0.717, 1.165) is 28.2 Å². The highest BCUT2D eigenvalue weighted by Crippen LogP contribution is 2.50. The van der Waals surface area contributed by atoms with E-state index in [4.69, 9.17) is 40.6 Å². The van der Waals surface area contributed by atoms with Crippen LogP contribution < -0.4 is 9.47 Å². The molecule has 9 nitrogen and oxygen atoms in total. The van der Waals surface area contributed by atoms with Gasteiger partial charge in [0.05, 0.1) is 39.9 Å². The molecule has 0 amide bonds. The molecule has 0 aliphatic carbocycles. The molecule has 5 atom stereocenters. The van der Waals surface area contributed by atoms with E-state index in [1.807, 2.05) is 78.9 Å². The Morgan fingerprint density at radius 1 is 0.830 bits per heavy atom. The topological polar surface area (TPSA) is 91.6 Å². The Balaban J connectivity index is 1.77. The molecule has 47 heavy (non-hydrogen) atoms. The molecule has 11 heteroatoms. The first-order chi connectivity index (χ1) is 22.7. The summed E-state index contributed by atoms with van der Waals surface area (Å²) in [6.45, 7) is 8.72. The molecule has 3 aromatic rings. The number of rotatable bonds is 17. The molecule has 3 aromatic carbocycles. The van der Waals surface area contributed by atoms with Gasteiger partial charge < -0.3 is 32.7 Å². The van der Waals surface area contributed by atoms with Crippen molar-refractivity contribution >= 4 is 16.4 Å². The zero-order valence-corrected chi connectivity index (χ0v) is 29.3. The molecule has 250 valence electrons. The van der Waals surface area contributed by atoms with Crippen molar-refractivity contribution in [1.82, 2.24) is 4.67 Å². The first kappa shape index (κ1) is 36.8. The lowest BCUT2D eigenvalue weighted by Crippen LogP contribution is -2.43. The average molecular weight is 661 g/mol. The van der Waals surface area contributed by atoms with Gasteiger partial charge in [-0.1, -0.05) is 54.6 Å². The van der Waals surface area contributed by atoms with Crippen LogP contribution in [0.15, 0.2) is 78.9 Å². The molecule has 1 aliphatic rings. The van der Waals surface area contributed by atoms with Crippen LogP contribution in [0.4, 0.5) is 0 Å². The Morgan fingerprint density at radius 2 is 1.36 bits per heavy atom. The van der Waals surface area contributed by atoms with Gasteiger partial charge in [-0.15, -0.1) is 0 Å². The third-order valence-electron chi connectivity index (χ3n) is 8.13. The molecule has 2 radical (unpaired) electrons. The van der Waals surface area contributed by atoms with Gasteiger partial charge in [0.15, 0.2) is 0 Å². The summed E-state index contributed by atoms with van der Waals surface area (Å²) >= 11 is 0. The number of benzene rings is 3. The number of hydrogen-bond acceptors (Lipinski definition) is 9. The minimum absolute atomic E-state index is 0.107. The lowest BCUT2D eigenvalue weighted by molar-refractivity contribution is -0.0728. The van der Waals surface area contributed by atoms with Crippen LogP contribution in [0, 0.1) is 11.3 Å². The molecule has 0 aromatic heterocycles. The Morgan fingerprint density at radius 3 is 1.83 bits per heavy atom. The van der Waals surface area contributed by atoms with Gasteiger partial charge in [-0.25, -0.2) is 4.67 Å². The molecule has 1 heterocycles. The van der Waals surface area contributed by atoms with Crippen molar-refractivity contribution in [2.75, 3.05) is 34.5 Å². The van der Waals surface area contributed by atoms with Crippen LogP contribution in [0.25, 0.3) is 0 Å². The Labute approximate surface area is 282 Å². The van der Waals surface area contributed by atoms with Gasteiger partial charge in [-0.2, -0.15) is 5.26 Å².